The van der Waals surface area contributed by atoms with E-state index in [1.54, 1.807) is 6.20 Å². The molecule has 1 fully saturated rings. The van der Waals surface area contributed by atoms with E-state index in [0.717, 1.165) is 37.9 Å². The van der Waals surface area contributed by atoms with Crippen molar-refractivity contribution in [2.24, 2.45) is 17.6 Å². The van der Waals surface area contributed by atoms with Crippen molar-refractivity contribution >= 4 is 11.8 Å². The first kappa shape index (κ1) is 17.5. The van der Waals surface area contributed by atoms with Gasteiger partial charge in [0.1, 0.15) is 0 Å². The van der Waals surface area contributed by atoms with Crippen LogP contribution in [0.2, 0.25) is 0 Å². The third kappa shape index (κ3) is 4.33. The highest BCUT2D eigenvalue weighted by Gasteiger charge is 2.27. The molecule has 128 valence electrons. The Labute approximate surface area is 137 Å². The summed E-state index contributed by atoms with van der Waals surface area (Å²) in [5.74, 6) is 0.00376. The van der Waals surface area contributed by atoms with Crippen LogP contribution in [0.5, 0.6) is 0 Å². The number of carbonyl (C=O) groups excluding carboxylic acids is 2. The quantitative estimate of drug-likeness (QED) is 0.838. The molecule has 0 saturated heterocycles. The number of hydrogen-bond acceptors (Lipinski definition) is 3. The number of amides is 2. The molecule has 1 aromatic heterocycles. The second kappa shape index (κ2) is 7.62. The van der Waals surface area contributed by atoms with Gasteiger partial charge in [-0.25, -0.2) is 0 Å². The van der Waals surface area contributed by atoms with Gasteiger partial charge in [0.05, 0.1) is 17.5 Å². The highest BCUT2D eigenvalue weighted by Crippen LogP contribution is 2.24. The Hall–Kier alpha value is -1.85. The Kier molecular flexibility index (Phi) is 5.80. The maximum atomic E-state index is 12.6. The van der Waals surface area contributed by atoms with E-state index in [1.807, 2.05) is 11.6 Å². The highest BCUT2D eigenvalue weighted by atomic mass is 16.2. The molecule has 0 unspecified atom stereocenters. The van der Waals surface area contributed by atoms with E-state index in [9.17, 15) is 9.59 Å². The molecule has 6 heteroatoms. The van der Waals surface area contributed by atoms with Crippen LogP contribution in [0.3, 0.4) is 0 Å². The van der Waals surface area contributed by atoms with Crippen LogP contribution < -0.4 is 11.1 Å². The van der Waals surface area contributed by atoms with Crippen LogP contribution >= 0.6 is 0 Å². The van der Waals surface area contributed by atoms with E-state index < -0.39 is 0 Å². The van der Waals surface area contributed by atoms with Crippen molar-refractivity contribution in [3.05, 3.63) is 17.5 Å². The van der Waals surface area contributed by atoms with Crippen molar-refractivity contribution in [1.29, 1.82) is 0 Å². The van der Waals surface area contributed by atoms with Crippen molar-refractivity contribution in [3.63, 3.8) is 0 Å². The normalized spacial score (nSPS) is 21.4. The van der Waals surface area contributed by atoms with Crippen LogP contribution in [0, 0.1) is 11.8 Å². The average Bonchev–Trinajstić information content (AvgIpc) is 2.89. The van der Waals surface area contributed by atoms with Gasteiger partial charge in [-0.15, -0.1) is 0 Å². The Morgan fingerprint density at radius 1 is 1.43 bits per heavy atom. The number of carbonyl (C=O) groups is 2. The van der Waals surface area contributed by atoms with Gasteiger partial charge in [-0.05, 0) is 31.6 Å². The summed E-state index contributed by atoms with van der Waals surface area (Å²) in [7, 11) is 0. The predicted octanol–water partition coefficient (Wildman–Crippen LogP) is 1.88. The minimum atomic E-state index is -0.261. The van der Waals surface area contributed by atoms with Crippen LogP contribution in [-0.4, -0.2) is 27.6 Å². The molecular formula is C17H28N4O2. The molecule has 23 heavy (non-hydrogen) atoms. The zero-order chi connectivity index (χ0) is 17.0. The molecule has 1 aliphatic rings. The molecule has 0 spiro atoms. The third-order valence-electron chi connectivity index (χ3n) is 4.48. The molecule has 0 aliphatic heterocycles. The van der Waals surface area contributed by atoms with Crippen LogP contribution in [0.15, 0.2) is 6.20 Å². The number of primary amides is 1. The molecule has 1 heterocycles. The van der Waals surface area contributed by atoms with Gasteiger partial charge < -0.3 is 11.1 Å². The van der Waals surface area contributed by atoms with Gasteiger partial charge >= 0.3 is 0 Å². The molecule has 1 saturated carbocycles. The second-order valence-electron chi connectivity index (χ2n) is 6.87. The molecular weight excluding hydrogens is 292 g/mol. The molecule has 6 nitrogen and oxygen atoms in total. The summed E-state index contributed by atoms with van der Waals surface area (Å²) in [5.41, 5.74) is 7.02. The smallest absolute Gasteiger partial charge is 0.254 e. The fraction of sp³-hybridized carbons (Fsp3) is 0.706. The fourth-order valence-electron chi connectivity index (χ4n) is 3.32. The number of nitrogens with one attached hydrogen (secondary N) is 1. The predicted molar refractivity (Wildman–Crippen MR) is 88.8 cm³/mol. The second-order valence-corrected chi connectivity index (χ2v) is 6.87. The first-order valence-corrected chi connectivity index (χ1v) is 8.57. The van der Waals surface area contributed by atoms with Crippen molar-refractivity contribution in [2.45, 2.75) is 65.5 Å². The fourth-order valence-corrected chi connectivity index (χ4v) is 3.32. The van der Waals surface area contributed by atoms with Crippen LogP contribution in [-0.2, 0) is 17.8 Å². The van der Waals surface area contributed by atoms with E-state index in [-0.39, 0.29) is 23.8 Å². The SMILES string of the molecule is CCc1c(C(=O)N[C@@H]2CCC[C@@H](C(N)=O)C2)cnn1CC(C)C. The van der Waals surface area contributed by atoms with Gasteiger partial charge in [0.25, 0.3) is 5.91 Å². The first-order chi connectivity index (χ1) is 10.9. The van der Waals surface area contributed by atoms with Gasteiger partial charge in [-0.2, -0.15) is 5.10 Å². The van der Waals surface area contributed by atoms with E-state index in [0.29, 0.717) is 17.9 Å². The Morgan fingerprint density at radius 3 is 2.78 bits per heavy atom. The molecule has 1 aromatic rings. The summed E-state index contributed by atoms with van der Waals surface area (Å²) in [6, 6.07) is 0.0203. The Morgan fingerprint density at radius 2 is 2.17 bits per heavy atom. The zero-order valence-electron chi connectivity index (χ0n) is 14.3. The molecule has 2 rings (SSSR count). The summed E-state index contributed by atoms with van der Waals surface area (Å²) in [4.78, 5) is 23.9. The minimum Gasteiger partial charge on any atom is -0.369 e. The topological polar surface area (TPSA) is 90.0 Å². The molecule has 3 N–H and O–H groups in total. The van der Waals surface area contributed by atoms with E-state index in [2.05, 4.69) is 24.3 Å². The van der Waals surface area contributed by atoms with Gasteiger partial charge in [0.15, 0.2) is 0 Å². The average molecular weight is 320 g/mol. The van der Waals surface area contributed by atoms with Crippen molar-refractivity contribution < 1.29 is 9.59 Å². The molecule has 2 amide bonds. The lowest BCUT2D eigenvalue weighted by atomic mass is 9.85. The molecule has 0 radical (unpaired) electrons. The summed E-state index contributed by atoms with van der Waals surface area (Å²) >= 11 is 0. The highest BCUT2D eigenvalue weighted by molar-refractivity contribution is 5.95. The lowest BCUT2D eigenvalue weighted by Crippen LogP contribution is -2.41. The van der Waals surface area contributed by atoms with E-state index >= 15 is 0 Å². The number of hydrogen-bond donors (Lipinski definition) is 2. The van der Waals surface area contributed by atoms with Crippen LogP contribution in [0.25, 0.3) is 0 Å². The monoisotopic (exact) mass is 320 g/mol. The van der Waals surface area contributed by atoms with Crippen molar-refractivity contribution in [2.75, 3.05) is 0 Å². The standard InChI is InChI=1S/C17H28N4O2/c1-4-15-14(9-19-21(15)10-11(2)3)17(23)20-13-7-5-6-12(8-13)16(18)22/h9,11-13H,4-8,10H2,1-3H3,(H2,18,22)(H,20,23)/t12-,13-/m1/s1. The third-order valence-corrected chi connectivity index (χ3v) is 4.48. The van der Waals surface area contributed by atoms with Gasteiger partial charge in [-0.1, -0.05) is 27.2 Å². The lowest BCUT2D eigenvalue weighted by Gasteiger charge is -2.27. The van der Waals surface area contributed by atoms with Gasteiger partial charge in [-0.3, -0.25) is 14.3 Å². The molecule has 1 aliphatic carbocycles. The number of rotatable bonds is 6. The van der Waals surface area contributed by atoms with Crippen LogP contribution in [0.1, 0.15) is 62.5 Å². The van der Waals surface area contributed by atoms with Crippen molar-refractivity contribution in [3.8, 4) is 0 Å². The summed E-state index contributed by atoms with van der Waals surface area (Å²) < 4.78 is 1.92. The lowest BCUT2D eigenvalue weighted by molar-refractivity contribution is -0.122. The number of nitrogens with two attached hydrogens (primary N) is 1. The van der Waals surface area contributed by atoms with Gasteiger partial charge in [0, 0.05) is 18.5 Å². The molecule has 2 atom stereocenters. The maximum Gasteiger partial charge on any atom is 0.254 e. The largest absolute Gasteiger partial charge is 0.369 e. The zero-order valence-corrected chi connectivity index (χ0v) is 14.3. The Bertz CT molecular complexity index is 565. The van der Waals surface area contributed by atoms with E-state index in [1.165, 1.54) is 0 Å². The summed E-state index contributed by atoms with van der Waals surface area (Å²) in [5, 5.41) is 7.43. The summed E-state index contributed by atoms with van der Waals surface area (Å²) in [6.07, 6.45) is 5.72. The molecule has 0 aromatic carbocycles. The summed E-state index contributed by atoms with van der Waals surface area (Å²) in [6.45, 7) is 7.11. The van der Waals surface area contributed by atoms with Crippen LogP contribution in [0.4, 0.5) is 0 Å². The first-order valence-electron chi connectivity index (χ1n) is 8.57. The van der Waals surface area contributed by atoms with Gasteiger partial charge in [0.2, 0.25) is 5.91 Å². The molecule has 0 bridgehead atoms. The minimum absolute atomic E-state index is 0.0203. The van der Waals surface area contributed by atoms with E-state index in [4.69, 9.17) is 5.73 Å². The van der Waals surface area contributed by atoms with Crippen molar-refractivity contribution in [1.82, 2.24) is 15.1 Å². The number of aromatic nitrogens is 2. The Balaban J connectivity index is 2.05. The number of nitrogens with zero attached hydrogens (tertiary/aromatic N) is 2. The maximum absolute atomic E-state index is 12.6.